The molecule has 2 fully saturated rings. The standard InChI is InChI=1S/C27H32N2O5S/c1-15(2)19(14-30)29-23-25(32)28(18-13-16(3)8-9-17(18)4)11-6-10-27(23)22(24(29)31)21-20(35-27)7-5-12-34-26(21)33/h5-10,13,15,19-23,30H,11-12,14H2,1-4H3/t19-,20-,21+,22-,23?,27-/m0/s1. The molecule has 8 heteroatoms. The van der Waals surface area contributed by atoms with Gasteiger partial charge in [0.1, 0.15) is 12.6 Å². The van der Waals surface area contributed by atoms with Crippen molar-refractivity contribution in [1.29, 1.82) is 0 Å². The van der Waals surface area contributed by atoms with Gasteiger partial charge in [0.15, 0.2) is 0 Å². The predicted octanol–water partition coefficient (Wildman–Crippen LogP) is 2.63. The van der Waals surface area contributed by atoms with Gasteiger partial charge < -0.3 is 19.6 Å². The molecule has 4 heterocycles. The number of cyclic esters (lactones) is 1. The topological polar surface area (TPSA) is 87.2 Å². The Morgan fingerprint density at radius 2 is 1.94 bits per heavy atom. The summed E-state index contributed by atoms with van der Waals surface area (Å²) >= 11 is 1.52. The number of likely N-dealkylation sites (tertiary alicyclic amines) is 1. The van der Waals surface area contributed by atoms with Crippen LogP contribution < -0.4 is 4.90 Å². The first-order chi connectivity index (χ1) is 16.7. The van der Waals surface area contributed by atoms with Gasteiger partial charge in [-0.25, -0.2) is 0 Å². The second kappa shape index (κ2) is 8.82. The van der Waals surface area contributed by atoms with Crippen LogP contribution in [-0.2, 0) is 19.1 Å². The van der Waals surface area contributed by atoms with Gasteiger partial charge in [-0.2, -0.15) is 0 Å². The summed E-state index contributed by atoms with van der Waals surface area (Å²) < 4.78 is 4.50. The van der Waals surface area contributed by atoms with Crippen molar-refractivity contribution in [3.05, 3.63) is 53.6 Å². The Hall–Kier alpha value is -2.58. The highest BCUT2D eigenvalue weighted by atomic mass is 32.2. The van der Waals surface area contributed by atoms with Crippen molar-refractivity contribution in [2.75, 3.05) is 24.7 Å². The smallest absolute Gasteiger partial charge is 0.311 e. The highest BCUT2D eigenvalue weighted by molar-refractivity contribution is 8.02. The van der Waals surface area contributed by atoms with E-state index in [0.717, 1.165) is 16.8 Å². The van der Waals surface area contributed by atoms with E-state index >= 15 is 0 Å². The largest absolute Gasteiger partial charge is 0.461 e. The lowest BCUT2D eigenvalue weighted by atomic mass is 9.78. The number of esters is 1. The molecule has 1 spiro atoms. The Balaban J connectivity index is 1.68. The van der Waals surface area contributed by atoms with Gasteiger partial charge in [0.25, 0.3) is 5.91 Å². The predicted molar refractivity (Wildman–Crippen MR) is 135 cm³/mol. The molecule has 1 aromatic rings. The summed E-state index contributed by atoms with van der Waals surface area (Å²) in [6.45, 7) is 8.14. The highest BCUT2D eigenvalue weighted by Crippen LogP contribution is 2.61. The Morgan fingerprint density at radius 3 is 2.66 bits per heavy atom. The van der Waals surface area contributed by atoms with Crippen molar-refractivity contribution in [3.63, 3.8) is 0 Å². The van der Waals surface area contributed by atoms with E-state index < -0.39 is 34.6 Å². The van der Waals surface area contributed by atoms with Crippen molar-refractivity contribution in [2.45, 2.75) is 49.8 Å². The molecule has 6 atom stereocenters. The molecule has 2 saturated heterocycles. The van der Waals surface area contributed by atoms with E-state index in [0.29, 0.717) is 6.54 Å². The maximum Gasteiger partial charge on any atom is 0.311 e. The van der Waals surface area contributed by atoms with Crippen LogP contribution in [0.4, 0.5) is 5.69 Å². The first kappa shape index (κ1) is 24.1. The van der Waals surface area contributed by atoms with Gasteiger partial charge in [-0.3, -0.25) is 14.4 Å². The number of amides is 2. The third-order valence-corrected chi connectivity index (χ3v) is 9.56. The van der Waals surface area contributed by atoms with Crippen molar-refractivity contribution >= 4 is 35.2 Å². The Kier molecular flexibility index (Phi) is 6.08. The molecule has 0 radical (unpaired) electrons. The van der Waals surface area contributed by atoms with E-state index in [4.69, 9.17) is 4.74 Å². The summed E-state index contributed by atoms with van der Waals surface area (Å²) in [4.78, 5) is 45.0. The molecular formula is C27H32N2O5S. The maximum atomic E-state index is 14.4. The molecule has 0 saturated carbocycles. The second-order valence-electron chi connectivity index (χ2n) is 10.3. The number of aryl methyl sites for hydroxylation is 2. The molecule has 2 amide bonds. The zero-order valence-electron chi connectivity index (χ0n) is 20.5. The quantitative estimate of drug-likeness (QED) is 0.510. The Bertz CT molecular complexity index is 1130. The maximum absolute atomic E-state index is 14.4. The molecule has 7 nitrogen and oxygen atoms in total. The van der Waals surface area contributed by atoms with Crippen molar-refractivity contribution < 1.29 is 24.2 Å². The van der Waals surface area contributed by atoms with Gasteiger partial charge in [0, 0.05) is 17.5 Å². The average molecular weight is 497 g/mol. The van der Waals surface area contributed by atoms with Gasteiger partial charge >= 0.3 is 5.97 Å². The Labute approximate surface area is 210 Å². The summed E-state index contributed by atoms with van der Waals surface area (Å²) in [5, 5.41) is 10.1. The van der Waals surface area contributed by atoms with Crippen LogP contribution in [-0.4, -0.2) is 69.6 Å². The van der Waals surface area contributed by atoms with Crippen molar-refractivity contribution in [3.8, 4) is 0 Å². The SMILES string of the molecule is Cc1ccc(C)c(N2CC=C[C@]34S[C@H]5C=CCOC(=O)[C@H]5[C@H]3C(=O)N([C@@H](CO)C(C)C)C4C2=O)c1. The number of anilines is 1. The summed E-state index contributed by atoms with van der Waals surface area (Å²) in [7, 11) is 0. The molecule has 0 bridgehead atoms. The van der Waals surface area contributed by atoms with E-state index in [-0.39, 0.29) is 36.2 Å². The van der Waals surface area contributed by atoms with Crippen LogP contribution >= 0.6 is 11.8 Å². The van der Waals surface area contributed by atoms with Crippen LogP contribution in [0.5, 0.6) is 0 Å². The molecule has 4 aliphatic rings. The molecule has 5 rings (SSSR count). The van der Waals surface area contributed by atoms with Gasteiger partial charge in [-0.1, -0.05) is 50.3 Å². The monoisotopic (exact) mass is 496 g/mol. The van der Waals surface area contributed by atoms with Crippen molar-refractivity contribution in [1.82, 2.24) is 4.90 Å². The summed E-state index contributed by atoms with van der Waals surface area (Å²) in [6.07, 6.45) is 7.71. The molecule has 1 N–H and O–H groups in total. The minimum absolute atomic E-state index is 0.0733. The fraction of sp³-hybridized carbons (Fsp3) is 0.519. The van der Waals surface area contributed by atoms with Crippen molar-refractivity contribution in [2.24, 2.45) is 17.8 Å². The zero-order valence-corrected chi connectivity index (χ0v) is 21.3. The van der Waals surface area contributed by atoms with E-state index in [9.17, 15) is 19.5 Å². The normalized spacial score (nSPS) is 32.8. The highest BCUT2D eigenvalue weighted by Gasteiger charge is 2.72. The number of ether oxygens (including phenoxy) is 1. The molecule has 4 aliphatic heterocycles. The fourth-order valence-corrected chi connectivity index (χ4v) is 8.10. The number of thioether (sulfide) groups is 1. The number of carbonyl (C=O) groups excluding carboxylic acids is 3. The molecule has 186 valence electrons. The van der Waals surface area contributed by atoms with Gasteiger partial charge in [-0.05, 0) is 37.0 Å². The molecule has 0 aromatic heterocycles. The van der Waals surface area contributed by atoms with E-state index in [2.05, 4.69) is 0 Å². The number of hydrogen-bond acceptors (Lipinski definition) is 6. The molecule has 35 heavy (non-hydrogen) atoms. The van der Waals surface area contributed by atoms with E-state index in [1.165, 1.54) is 11.8 Å². The number of fused-ring (bicyclic) bond motifs is 2. The number of nitrogens with zero attached hydrogens (tertiary/aromatic N) is 2. The molecular weight excluding hydrogens is 464 g/mol. The summed E-state index contributed by atoms with van der Waals surface area (Å²) in [5.41, 5.74) is 2.83. The zero-order chi connectivity index (χ0) is 25.1. The van der Waals surface area contributed by atoms with Crippen LogP contribution in [0.3, 0.4) is 0 Å². The molecule has 1 aromatic carbocycles. The van der Waals surface area contributed by atoms with Crippen LogP contribution in [0.1, 0.15) is 25.0 Å². The van der Waals surface area contributed by atoms with E-state index in [1.54, 1.807) is 9.80 Å². The lowest BCUT2D eigenvalue weighted by molar-refractivity contribution is -0.152. The summed E-state index contributed by atoms with van der Waals surface area (Å²) in [6, 6.07) is 4.63. The average Bonchev–Trinajstić information content (AvgIpc) is 3.11. The summed E-state index contributed by atoms with van der Waals surface area (Å²) in [5.74, 6) is -2.31. The minimum atomic E-state index is -0.918. The lowest BCUT2D eigenvalue weighted by Gasteiger charge is -2.40. The first-order valence-electron chi connectivity index (χ1n) is 12.2. The number of rotatable bonds is 4. The number of carbonyl (C=O) groups is 3. The van der Waals surface area contributed by atoms with Crippen LogP contribution in [0.15, 0.2) is 42.5 Å². The third-order valence-electron chi connectivity index (χ3n) is 7.82. The number of benzene rings is 1. The molecule has 0 aliphatic carbocycles. The molecule has 1 unspecified atom stereocenters. The number of aliphatic hydroxyl groups is 1. The van der Waals surface area contributed by atoms with Gasteiger partial charge in [0.2, 0.25) is 5.91 Å². The number of hydrogen-bond donors (Lipinski definition) is 1. The van der Waals surface area contributed by atoms with E-state index in [1.807, 2.05) is 70.2 Å². The second-order valence-corrected chi connectivity index (χ2v) is 11.8. The van der Waals surface area contributed by atoms with Crippen LogP contribution in [0.25, 0.3) is 0 Å². The van der Waals surface area contributed by atoms with Gasteiger partial charge in [-0.15, -0.1) is 11.8 Å². The van der Waals surface area contributed by atoms with Crippen LogP contribution in [0, 0.1) is 31.6 Å². The number of aliphatic hydroxyl groups excluding tert-OH is 1. The minimum Gasteiger partial charge on any atom is -0.461 e. The third kappa shape index (κ3) is 3.56. The van der Waals surface area contributed by atoms with Gasteiger partial charge in [0.05, 0.1) is 29.2 Å². The lowest BCUT2D eigenvalue weighted by Crippen LogP contribution is -2.57. The Morgan fingerprint density at radius 1 is 1.17 bits per heavy atom. The van der Waals surface area contributed by atoms with Crippen LogP contribution in [0.2, 0.25) is 0 Å². The fourth-order valence-electron chi connectivity index (χ4n) is 6.11. The first-order valence-corrected chi connectivity index (χ1v) is 13.1.